The van der Waals surface area contributed by atoms with E-state index in [1.165, 1.54) is 31.8 Å². The summed E-state index contributed by atoms with van der Waals surface area (Å²) < 4.78 is 43.3. The number of amides is 1. The minimum absolute atomic E-state index is 0.135. The molecule has 0 saturated heterocycles. The van der Waals surface area contributed by atoms with Crippen molar-refractivity contribution in [1.29, 1.82) is 0 Å². The van der Waals surface area contributed by atoms with Crippen LogP contribution in [0.4, 0.5) is 0 Å². The van der Waals surface area contributed by atoms with Crippen LogP contribution in [-0.2, 0) is 22.9 Å². The van der Waals surface area contributed by atoms with Crippen LogP contribution in [0.15, 0.2) is 65.6 Å². The number of fused-ring (bicyclic) bond motifs is 1. The molecule has 9 heteroatoms. The predicted octanol–water partition coefficient (Wildman–Crippen LogP) is 4.34. The molecule has 0 unspecified atom stereocenters. The molecular weight excluding hydrogens is 504 g/mol. The van der Waals surface area contributed by atoms with Gasteiger partial charge in [-0.25, -0.2) is 12.7 Å². The number of ether oxygens (including phenoxy) is 3. The van der Waals surface area contributed by atoms with Crippen molar-refractivity contribution in [3.63, 3.8) is 0 Å². The highest BCUT2D eigenvalue weighted by Gasteiger charge is 2.33. The van der Waals surface area contributed by atoms with Crippen LogP contribution in [0.1, 0.15) is 40.0 Å². The van der Waals surface area contributed by atoms with Gasteiger partial charge in [0.05, 0.1) is 25.2 Å². The monoisotopic (exact) mass is 538 g/mol. The Balaban J connectivity index is 1.67. The van der Waals surface area contributed by atoms with Gasteiger partial charge in [0.25, 0.3) is 5.91 Å². The van der Waals surface area contributed by atoms with Crippen molar-refractivity contribution in [2.75, 3.05) is 41.5 Å². The van der Waals surface area contributed by atoms with E-state index in [1.54, 1.807) is 31.3 Å². The van der Waals surface area contributed by atoms with Crippen molar-refractivity contribution >= 4 is 15.9 Å². The number of carbonyl (C=O) groups is 1. The van der Waals surface area contributed by atoms with Gasteiger partial charge in [-0.05, 0) is 78.1 Å². The van der Waals surface area contributed by atoms with Crippen LogP contribution in [0.2, 0.25) is 0 Å². The van der Waals surface area contributed by atoms with Gasteiger partial charge in [-0.3, -0.25) is 4.79 Å². The third-order valence-electron chi connectivity index (χ3n) is 6.88. The van der Waals surface area contributed by atoms with E-state index < -0.39 is 10.0 Å². The maximum atomic E-state index is 13.7. The lowest BCUT2D eigenvalue weighted by Gasteiger charge is -2.37. The van der Waals surface area contributed by atoms with Gasteiger partial charge in [-0.1, -0.05) is 19.1 Å². The summed E-state index contributed by atoms with van der Waals surface area (Å²) >= 11 is 0. The van der Waals surface area contributed by atoms with Gasteiger partial charge in [0, 0.05) is 26.2 Å². The van der Waals surface area contributed by atoms with E-state index in [0.29, 0.717) is 30.0 Å². The molecule has 4 rings (SSSR count). The Labute approximate surface area is 224 Å². The molecule has 202 valence electrons. The van der Waals surface area contributed by atoms with Crippen LogP contribution < -0.4 is 14.2 Å². The summed E-state index contributed by atoms with van der Waals surface area (Å²) in [5, 5.41) is 0. The minimum atomic E-state index is -3.59. The largest absolute Gasteiger partial charge is 0.493 e. The molecule has 3 aromatic carbocycles. The number of hydrogen-bond acceptors (Lipinski definition) is 6. The van der Waals surface area contributed by atoms with Crippen molar-refractivity contribution < 1.29 is 27.4 Å². The molecule has 0 aromatic heterocycles. The van der Waals surface area contributed by atoms with Crippen LogP contribution in [0, 0.1) is 0 Å². The quantitative estimate of drug-likeness (QED) is 0.403. The highest BCUT2D eigenvalue weighted by molar-refractivity contribution is 7.89. The third kappa shape index (κ3) is 5.49. The van der Waals surface area contributed by atoms with Crippen LogP contribution in [0.3, 0.4) is 0 Å². The number of hydrogen-bond donors (Lipinski definition) is 0. The van der Waals surface area contributed by atoms with Crippen molar-refractivity contribution in [2.45, 2.75) is 30.7 Å². The van der Waals surface area contributed by atoms with E-state index in [0.717, 1.165) is 27.6 Å². The Morgan fingerprint density at radius 3 is 2.18 bits per heavy atom. The average molecular weight is 539 g/mol. The summed E-state index contributed by atoms with van der Waals surface area (Å²) in [5.41, 5.74) is 3.62. The number of nitrogens with zero attached hydrogens (tertiary/aromatic N) is 2. The van der Waals surface area contributed by atoms with E-state index in [9.17, 15) is 13.2 Å². The smallest absolute Gasteiger partial charge is 0.254 e. The lowest BCUT2D eigenvalue weighted by molar-refractivity contribution is 0.0589. The second-order valence-electron chi connectivity index (χ2n) is 9.29. The fourth-order valence-electron chi connectivity index (χ4n) is 4.59. The fourth-order valence-corrected chi connectivity index (χ4v) is 5.50. The van der Waals surface area contributed by atoms with Gasteiger partial charge in [-0.15, -0.1) is 0 Å². The lowest BCUT2D eigenvalue weighted by atomic mass is 9.91. The summed E-state index contributed by atoms with van der Waals surface area (Å²) in [6.45, 7) is 2.82. The van der Waals surface area contributed by atoms with Crippen LogP contribution in [-0.4, -0.2) is 65.0 Å². The maximum Gasteiger partial charge on any atom is 0.254 e. The van der Waals surface area contributed by atoms with Crippen molar-refractivity contribution in [3.05, 3.63) is 82.9 Å². The summed E-state index contributed by atoms with van der Waals surface area (Å²) in [4.78, 5) is 15.7. The Morgan fingerprint density at radius 2 is 1.61 bits per heavy atom. The molecule has 0 spiro atoms. The summed E-state index contributed by atoms with van der Waals surface area (Å²) in [6, 6.07) is 17.5. The molecular formula is C29H34N2O6S. The number of benzene rings is 3. The number of rotatable bonds is 9. The molecule has 0 N–H and O–H groups in total. The first-order chi connectivity index (χ1) is 18.2. The zero-order valence-electron chi connectivity index (χ0n) is 22.4. The van der Waals surface area contributed by atoms with Gasteiger partial charge in [-0.2, -0.15) is 0 Å². The molecule has 0 aliphatic carbocycles. The zero-order chi connectivity index (χ0) is 27.4. The molecule has 3 aromatic rings. The third-order valence-corrected chi connectivity index (χ3v) is 8.71. The molecule has 1 amide bonds. The normalized spacial score (nSPS) is 15.2. The number of methoxy groups -OCH3 is 2. The Morgan fingerprint density at radius 1 is 0.974 bits per heavy atom. The van der Waals surface area contributed by atoms with E-state index in [1.807, 2.05) is 36.4 Å². The Kier molecular flexibility index (Phi) is 8.28. The first kappa shape index (κ1) is 27.5. The lowest BCUT2D eigenvalue weighted by Crippen LogP contribution is -2.42. The van der Waals surface area contributed by atoms with Crippen molar-refractivity contribution in [2.24, 2.45) is 0 Å². The molecule has 0 saturated carbocycles. The molecule has 0 bridgehead atoms. The van der Waals surface area contributed by atoms with Gasteiger partial charge in [0.15, 0.2) is 11.5 Å². The topological polar surface area (TPSA) is 85.4 Å². The van der Waals surface area contributed by atoms with Crippen molar-refractivity contribution in [1.82, 2.24) is 9.21 Å². The predicted molar refractivity (Wildman–Crippen MR) is 146 cm³/mol. The highest BCUT2D eigenvalue weighted by Crippen LogP contribution is 2.39. The average Bonchev–Trinajstić information content (AvgIpc) is 2.94. The molecule has 0 fully saturated rings. The number of carbonyl (C=O) groups excluding carboxylic acids is 1. The van der Waals surface area contributed by atoms with E-state index in [4.69, 9.17) is 14.2 Å². The number of sulfonamides is 1. The summed E-state index contributed by atoms with van der Waals surface area (Å²) in [7, 11) is 2.54. The van der Waals surface area contributed by atoms with E-state index in [-0.39, 0.29) is 23.5 Å². The molecule has 1 aliphatic rings. The fraction of sp³-hybridized carbons (Fsp3) is 0.345. The van der Waals surface area contributed by atoms with E-state index >= 15 is 0 Å². The van der Waals surface area contributed by atoms with Crippen LogP contribution in [0.5, 0.6) is 17.2 Å². The molecule has 8 nitrogen and oxygen atoms in total. The first-order valence-corrected chi connectivity index (χ1v) is 13.9. The zero-order valence-corrected chi connectivity index (χ0v) is 23.2. The van der Waals surface area contributed by atoms with Gasteiger partial charge in [0.2, 0.25) is 10.0 Å². The molecule has 1 aliphatic heterocycles. The molecule has 1 heterocycles. The summed E-state index contributed by atoms with van der Waals surface area (Å²) in [6.07, 6.45) is 1.57. The van der Waals surface area contributed by atoms with Crippen LogP contribution in [0.25, 0.3) is 0 Å². The van der Waals surface area contributed by atoms with Gasteiger partial charge in [0.1, 0.15) is 12.4 Å². The van der Waals surface area contributed by atoms with E-state index in [2.05, 4.69) is 6.92 Å². The minimum Gasteiger partial charge on any atom is -0.493 e. The van der Waals surface area contributed by atoms with Crippen molar-refractivity contribution in [3.8, 4) is 17.2 Å². The standard InChI is InChI=1S/C29H34N2O6S/c1-6-20-7-11-23(12-8-20)37-19-26-25-18-28(36-5)27(35-4)17-22(25)15-16-31(26)29(32)21-9-13-24(14-10-21)38(33,34)30(2)3/h7-14,17-18,26H,6,15-16,19H2,1-5H3/t26-/m1/s1. The first-order valence-electron chi connectivity index (χ1n) is 12.5. The molecule has 0 radical (unpaired) electrons. The van der Waals surface area contributed by atoms with Gasteiger partial charge >= 0.3 is 0 Å². The second kappa shape index (κ2) is 11.4. The Bertz CT molecular complexity index is 1390. The number of aryl methyl sites for hydroxylation is 1. The van der Waals surface area contributed by atoms with Gasteiger partial charge < -0.3 is 19.1 Å². The SMILES string of the molecule is CCc1ccc(OC[C@@H]2c3cc(OC)c(OC)cc3CCN2C(=O)c2ccc(S(=O)(=O)N(C)C)cc2)cc1. The Hall–Kier alpha value is -3.56. The molecule has 1 atom stereocenters. The summed E-state index contributed by atoms with van der Waals surface area (Å²) in [5.74, 6) is 1.74. The highest BCUT2D eigenvalue weighted by atomic mass is 32.2. The molecule has 38 heavy (non-hydrogen) atoms. The maximum absolute atomic E-state index is 13.7. The second-order valence-corrected chi connectivity index (χ2v) is 11.4. The van der Waals surface area contributed by atoms with Crippen LogP contribution >= 0.6 is 0 Å².